The summed E-state index contributed by atoms with van der Waals surface area (Å²) < 4.78 is 34.0. The van der Waals surface area contributed by atoms with Gasteiger partial charge >= 0.3 is 19.8 Å². The van der Waals surface area contributed by atoms with Crippen LogP contribution in [0, 0.1) is 0 Å². The van der Waals surface area contributed by atoms with Crippen LogP contribution in [0.25, 0.3) is 0 Å². The van der Waals surface area contributed by atoms with Crippen molar-refractivity contribution in [3.63, 3.8) is 0 Å². The average Bonchev–Trinajstić information content (AvgIpc) is 3.12. The molecule has 1 N–H and O–H groups in total. The zero-order valence-electron chi connectivity index (χ0n) is 34.7. The van der Waals surface area contributed by atoms with Crippen LogP contribution in [0.5, 0.6) is 0 Å². The van der Waals surface area contributed by atoms with Crippen LogP contribution in [0.4, 0.5) is 0 Å². The first-order valence-electron chi connectivity index (χ1n) is 20.7. The number of phosphoric acid groups is 1. The van der Waals surface area contributed by atoms with Crippen LogP contribution in [-0.4, -0.2) is 74.9 Å². The van der Waals surface area contributed by atoms with Crippen LogP contribution in [0.2, 0.25) is 0 Å². The third-order valence-corrected chi connectivity index (χ3v) is 9.22. The summed E-state index contributed by atoms with van der Waals surface area (Å²) in [5.74, 6) is -0.983. The first-order valence-corrected chi connectivity index (χ1v) is 22.2. The van der Waals surface area contributed by atoms with E-state index in [0.29, 0.717) is 23.9 Å². The third-order valence-electron chi connectivity index (χ3n) is 8.24. The maximum atomic E-state index is 12.6. The zero-order valence-corrected chi connectivity index (χ0v) is 35.6. The minimum atomic E-state index is -4.41. The summed E-state index contributed by atoms with van der Waals surface area (Å²) >= 11 is 0. The molecule has 310 valence electrons. The van der Waals surface area contributed by atoms with Crippen molar-refractivity contribution in [2.75, 3.05) is 47.5 Å². The predicted molar refractivity (Wildman–Crippen MR) is 224 cm³/mol. The van der Waals surface area contributed by atoms with E-state index in [1.54, 1.807) is 0 Å². The van der Waals surface area contributed by atoms with Crippen molar-refractivity contribution >= 4 is 19.8 Å². The molecule has 0 aliphatic heterocycles. The van der Waals surface area contributed by atoms with Gasteiger partial charge in [-0.1, -0.05) is 138 Å². The summed E-state index contributed by atoms with van der Waals surface area (Å²) in [6, 6.07) is 0. The second kappa shape index (κ2) is 36.1. The van der Waals surface area contributed by atoms with Crippen molar-refractivity contribution in [1.29, 1.82) is 0 Å². The van der Waals surface area contributed by atoms with Gasteiger partial charge in [-0.05, 0) is 64.2 Å². The number of phosphoric ester groups is 1. The number of rotatable bonds is 36. The second-order valence-corrected chi connectivity index (χ2v) is 16.1. The molecule has 0 aromatic rings. The Morgan fingerprint density at radius 1 is 0.574 bits per heavy atom. The number of nitrogens with zero attached hydrogens (tertiary/aromatic N) is 1. The van der Waals surface area contributed by atoms with Gasteiger partial charge in [0.2, 0.25) is 0 Å². The van der Waals surface area contributed by atoms with E-state index in [0.717, 1.165) is 38.5 Å². The highest BCUT2D eigenvalue weighted by Crippen LogP contribution is 2.43. The van der Waals surface area contributed by atoms with Gasteiger partial charge in [-0.2, -0.15) is 0 Å². The van der Waals surface area contributed by atoms with Gasteiger partial charge in [-0.3, -0.25) is 18.6 Å². The molecule has 0 spiro atoms. The number of carbonyl (C=O) groups is 2. The number of unbranched alkanes of at least 4 members (excludes halogenated alkanes) is 10. The maximum Gasteiger partial charge on any atom is 0.472 e. The highest BCUT2D eigenvalue weighted by molar-refractivity contribution is 7.47. The van der Waals surface area contributed by atoms with Crippen molar-refractivity contribution in [3.8, 4) is 0 Å². The molecule has 9 nitrogen and oxygen atoms in total. The fourth-order valence-electron chi connectivity index (χ4n) is 4.95. The number of hydrogen-bond donors (Lipinski definition) is 1. The molecule has 0 fully saturated rings. The van der Waals surface area contributed by atoms with Crippen molar-refractivity contribution < 1.29 is 42.1 Å². The molecule has 0 aromatic heterocycles. The van der Waals surface area contributed by atoms with E-state index in [9.17, 15) is 19.0 Å². The van der Waals surface area contributed by atoms with E-state index >= 15 is 0 Å². The molecule has 0 amide bonds. The normalized spacial score (nSPS) is 14.4. The van der Waals surface area contributed by atoms with Crippen molar-refractivity contribution in [1.82, 2.24) is 0 Å². The number of likely N-dealkylation sites (N-methyl/N-ethyl adjacent to an activating group) is 1. The monoisotopic (exact) mass is 779 g/mol. The van der Waals surface area contributed by atoms with E-state index in [1.807, 2.05) is 45.4 Å². The quantitative estimate of drug-likeness (QED) is 0.0220. The summed E-state index contributed by atoms with van der Waals surface area (Å²) in [5.41, 5.74) is 0. The molecule has 0 rings (SSSR count). The minimum Gasteiger partial charge on any atom is -0.462 e. The van der Waals surface area contributed by atoms with Gasteiger partial charge in [-0.25, -0.2) is 4.57 Å². The number of hydrogen-bond acceptors (Lipinski definition) is 7. The highest BCUT2D eigenvalue weighted by Gasteiger charge is 2.27. The van der Waals surface area contributed by atoms with Gasteiger partial charge in [0.05, 0.1) is 27.7 Å². The Balaban J connectivity index is 4.62. The van der Waals surface area contributed by atoms with E-state index in [1.165, 1.54) is 64.2 Å². The van der Waals surface area contributed by atoms with Crippen molar-refractivity contribution in [3.05, 3.63) is 72.9 Å². The zero-order chi connectivity index (χ0) is 40.0. The molecule has 2 unspecified atom stereocenters. The SMILES string of the molecule is CCCCCCC/C=C\C/C=C\C/C=C\CCC(=O)OCC(COP(=O)(O)OCC[N+](C)(C)C)OC(=O)CC/C=C\C/C=C\C/C=C\CCCCCCC. The molecule has 0 radical (unpaired) electrons. The summed E-state index contributed by atoms with van der Waals surface area (Å²) in [6.45, 7) is 4.21. The number of quaternary nitrogens is 1. The maximum absolute atomic E-state index is 12.6. The van der Waals surface area contributed by atoms with Crippen molar-refractivity contribution in [2.24, 2.45) is 0 Å². The summed E-state index contributed by atoms with van der Waals surface area (Å²) in [5, 5.41) is 0. The molecule has 54 heavy (non-hydrogen) atoms. The third kappa shape index (κ3) is 39.2. The highest BCUT2D eigenvalue weighted by atomic mass is 31.2. The molecule has 0 saturated carbocycles. The Morgan fingerprint density at radius 2 is 1.00 bits per heavy atom. The van der Waals surface area contributed by atoms with Gasteiger partial charge in [-0.15, -0.1) is 0 Å². The molecule has 0 aromatic carbocycles. The molecule has 0 bridgehead atoms. The lowest BCUT2D eigenvalue weighted by Gasteiger charge is -2.24. The predicted octanol–water partition coefficient (Wildman–Crippen LogP) is 11.5. The minimum absolute atomic E-state index is 0.00769. The standard InChI is InChI=1S/C44H76NO8P/c1-6-8-10-12-14-16-18-20-22-24-26-28-30-32-34-36-43(46)50-40-42(41-52-54(48,49)51-39-38-45(3,4)5)53-44(47)37-35-33-31-29-27-25-23-21-19-17-15-13-11-9-7-2/h18-21,24-27,30-33,42H,6-17,22-23,28-29,34-41H2,1-5H3/p+1/b20-18-,21-19-,26-24-,27-25-,32-30-,33-31-. The molecule has 0 aliphatic rings. The smallest absolute Gasteiger partial charge is 0.462 e. The van der Waals surface area contributed by atoms with Gasteiger partial charge in [0.1, 0.15) is 19.8 Å². The summed E-state index contributed by atoms with van der Waals surface area (Å²) in [4.78, 5) is 35.2. The molecular formula is C44H77NO8P+. The van der Waals surface area contributed by atoms with Crippen LogP contribution in [0.1, 0.15) is 142 Å². The van der Waals surface area contributed by atoms with E-state index in [-0.39, 0.29) is 26.1 Å². The molecular weight excluding hydrogens is 701 g/mol. The van der Waals surface area contributed by atoms with Crippen LogP contribution in [-0.2, 0) is 32.7 Å². The van der Waals surface area contributed by atoms with E-state index in [4.69, 9.17) is 18.5 Å². The Bertz CT molecular complexity index is 1150. The molecule has 0 saturated heterocycles. The number of esters is 2. The Labute approximate surface area is 329 Å². The summed E-state index contributed by atoms with van der Waals surface area (Å²) in [6.07, 6.45) is 44.1. The summed E-state index contributed by atoms with van der Waals surface area (Å²) in [7, 11) is 1.39. The van der Waals surface area contributed by atoms with E-state index < -0.39 is 32.5 Å². The Morgan fingerprint density at radius 3 is 1.46 bits per heavy atom. The fraction of sp³-hybridized carbons (Fsp3) is 0.682. The molecule has 0 aliphatic carbocycles. The van der Waals surface area contributed by atoms with Crippen molar-refractivity contribution in [2.45, 2.75) is 148 Å². The fourth-order valence-corrected chi connectivity index (χ4v) is 5.69. The molecule has 10 heteroatoms. The van der Waals surface area contributed by atoms with Crippen LogP contribution >= 0.6 is 7.82 Å². The second-order valence-electron chi connectivity index (χ2n) is 14.7. The van der Waals surface area contributed by atoms with Gasteiger partial charge in [0, 0.05) is 12.8 Å². The first-order chi connectivity index (χ1) is 26.0. The van der Waals surface area contributed by atoms with Crippen LogP contribution < -0.4 is 0 Å². The molecule has 2 atom stereocenters. The topological polar surface area (TPSA) is 108 Å². The lowest BCUT2D eigenvalue weighted by molar-refractivity contribution is -0.870. The Kier molecular flexibility index (Phi) is 34.4. The first kappa shape index (κ1) is 51.5. The van der Waals surface area contributed by atoms with Crippen LogP contribution in [0.3, 0.4) is 0 Å². The average molecular weight is 779 g/mol. The molecule has 0 heterocycles. The Hall–Kier alpha value is -2.55. The number of carbonyl (C=O) groups excluding carboxylic acids is 2. The lowest BCUT2D eigenvalue weighted by Crippen LogP contribution is -2.37. The van der Waals surface area contributed by atoms with Gasteiger partial charge in [0.15, 0.2) is 6.10 Å². The van der Waals surface area contributed by atoms with E-state index in [2.05, 4.69) is 62.5 Å². The number of allylic oxidation sites excluding steroid dienone is 12. The largest absolute Gasteiger partial charge is 0.472 e. The van der Waals surface area contributed by atoms with Gasteiger partial charge in [0.25, 0.3) is 0 Å². The van der Waals surface area contributed by atoms with Crippen LogP contribution in [0.15, 0.2) is 72.9 Å². The van der Waals surface area contributed by atoms with Gasteiger partial charge < -0.3 is 18.9 Å². The lowest BCUT2D eigenvalue weighted by atomic mass is 10.1. The number of ether oxygens (including phenoxy) is 2.